The van der Waals surface area contributed by atoms with Crippen molar-refractivity contribution >= 4 is 34.8 Å². The number of halogens is 1. The lowest BCUT2D eigenvalue weighted by molar-refractivity contribution is -0.384. The van der Waals surface area contributed by atoms with Gasteiger partial charge in [-0.05, 0) is 42.7 Å². The first kappa shape index (κ1) is 18.5. The zero-order valence-corrected chi connectivity index (χ0v) is 14.5. The molecule has 0 N–H and O–H groups in total. The monoisotopic (exact) mass is 362 g/mol. The number of nitro groups is 1. The van der Waals surface area contributed by atoms with Gasteiger partial charge in [0.1, 0.15) is 10.7 Å². The van der Waals surface area contributed by atoms with E-state index in [0.717, 1.165) is 6.07 Å². The van der Waals surface area contributed by atoms with E-state index >= 15 is 0 Å². The number of allylic oxidation sites excluding steroid dienone is 4. The largest absolute Gasteiger partial charge is 0.366 e. The van der Waals surface area contributed by atoms with Gasteiger partial charge in [0.05, 0.1) is 10.5 Å². The van der Waals surface area contributed by atoms with Crippen LogP contribution in [0, 0.1) is 16.0 Å². The van der Waals surface area contributed by atoms with Crippen molar-refractivity contribution in [2.24, 2.45) is 11.1 Å². The first-order valence-corrected chi connectivity index (χ1v) is 7.76. The van der Waals surface area contributed by atoms with E-state index in [4.69, 9.17) is 16.4 Å². The van der Waals surface area contributed by atoms with E-state index in [-0.39, 0.29) is 22.3 Å². The molecule has 1 aliphatic carbocycles. The number of rotatable bonds is 4. The van der Waals surface area contributed by atoms with E-state index in [1.807, 2.05) is 13.8 Å². The van der Waals surface area contributed by atoms with Gasteiger partial charge in [0.2, 0.25) is 0 Å². The Morgan fingerprint density at radius 1 is 1.32 bits per heavy atom. The van der Waals surface area contributed by atoms with Gasteiger partial charge in [0.25, 0.3) is 5.69 Å². The fraction of sp³-hybridized carbons (Fsp3) is 0.235. The summed E-state index contributed by atoms with van der Waals surface area (Å²) in [4.78, 5) is 39.0. The zero-order valence-electron chi connectivity index (χ0n) is 13.8. The minimum Gasteiger partial charge on any atom is -0.312 e. The first-order chi connectivity index (χ1) is 11.7. The predicted molar refractivity (Wildman–Crippen MR) is 92.6 cm³/mol. The van der Waals surface area contributed by atoms with Crippen molar-refractivity contribution in [2.75, 3.05) is 0 Å². The van der Waals surface area contributed by atoms with Crippen molar-refractivity contribution in [1.82, 2.24) is 0 Å². The van der Waals surface area contributed by atoms with E-state index in [9.17, 15) is 19.7 Å². The highest BCUT2D eigenvalue weighted by molar-refractivity contribution is 6.32. The molecular formula is C17H15ClN2O5. The second-order valence-corrected chi connectivity index (χ2v) is 6.13. The maximum Gasteiger partial charge on any atom is 0.366 e. The second-order valence-electron chi connectivity index (χ2n) is 5.72. The molecule has 0 aromatic heterocycles. The number of nitro benzene ring substituents is 1. The number of hydrogen-bond donors (Lipinski definition) is 0. The molecule has 0 bridgehead atoms. The molecule has 0 unspecified atom stereocenters. The van der Waals surface area contributed by atoms with E-state index in [1.165, 1.54) is 18.2 Å². The van der Waals surface area contributed by atoms with Gasteiger partial charge in [-0.3, -0.25) is 14.9 Å². The number of hydrogen-bond acceptors (Lipinski definition) is 6. The molecule has 130 valence electrons. The van der Waals surface area contributed by atoms with Gasteiger partial charge in [0.15, 0.2) is 5.78 Å². The number of ketones is 1. The molecule has 0 atom stereocenters. The Morgan fingerprint density at radius 2 is 2.00 bits per heavy atom. The molecule has 0 heterocycles. The van der Waals surface area contributed by atoms with Crippen molar-refractivity contribution in [3.63, 3.8) is 0 Å². The van der Waals surface area contributed by atoms with Crippen LogP contribution in [0.3, 0.4) is 0 Å². The predicted octanol–water partition coefficient (Wildman–Crippen LogP) is 3.87. The molecule has 0 saturated heterocycles. The smallest absolute Gasteiger partial charge is 0.312 e. The van der Waals surface area contributed by atoms with Crippen LogP contribution in [0.4, 0.5) is 5.69 Å². The summed E-state index contributed by atoms with van der Waals surface area (Å²) >= 11 is 5.70. The van der Waals surface area contributed by atoms with Crippen LogP contribution in [-0.2, 0) is 9.63 Å². The van der Waals surface area contributed by atoms with Gasteiger partial charge in [-0.1, -0.05) is 30.6 Å². The van der Waals surface area contributed by atoms with Gasteiger partial charge in [-0.2, -0.15) is 0 Å². The number of oxime groups is 1. The third kappa shape index (κ3) is 4.19. The Kier molecular flexibility index (Phi) is 5.48. The number of carbonyl (C=O) groups is 2. The molecule has 0 fully saturated rings. The van der Waals surface area contributed by atoms with E-state index in [0.29, 0.717) is 16.9 Å². The summed E-state index contributed by atoms with van der Waals surface area (Å²) in [5, 5.41) is 14.6. The lowest BCUT2D eigenvalue weighted by atomic mass is 9.90. The lowest BCUT2D eigenvalue weighted by Crippen LogP contribution is -2.16. The molecule has 0 radical (unpaired) electrons. The maximum absolute atomic E-state index is 12.1. The molecule has 1 aromatic carbocycles. The van der Waals surface area contributed by atoms with Crippen LogP contribution >= 0.6 is 11.6 Å². The Labute approximate surface area is 148 Å². The standard InChI is InChI=1S/C17H15ClN2O5/c1-9(2)12-8-14(10(3)6-16(12)21)19-25-17(22)11-4-5-13(18)15(7-11)20(23)24/h4-9H,1-3H3/b19-14+. The number of carbonyl (C=O) groups excluding carboxylic acids is 2. The van der Waals surface area contributed by atoms with Crippen LogP contribution in [-0.4, -0.2) is 22.4 Å². The first-order valence-electron chi connectivity index (χ1n) is 7.38. The van der Waals surface area contributed by atoms with Crippen molar-refractivity contribution in [3.8, 4) is 0 Å². The molecular weight excluding hydrogens is 348 g/mol. The summed E-state index contributed by atoms with van der Waals surface area (Å²) in [6.07, 6.45) is 3.00. The Hall–Kier alpha value is -2.80. The van der Waals surface area contributed by atoms with Crippen molar-refractivity contribution < 1.29 is 19.3 Å². The van der Waals surface area contributed by atoms with Gasteiger partial charge in [0, 0.05) is 11.6 Å². The summed E-state index contributed by atoms with van der Waals surface area (Å²) in [5.74, 6) is -0.973. The topological polar surface area (TPSA) is 98.9 Å². The fourth-order valence-corrected chi connectivity index (χ4v) is 2.35. The molecule has 7 nitrogen and oxygen atoms in total. The lowest BCUT2D eigenvalue weighted by Gasteiger charge is -2.14. The Bertz CT molecular complexity index is 853. The van der Waals surface area contributed by atoms with Crippen LogP contribution in [0.15, 0.2) is 46.7 Å². The van der Waals surface area contributed by atoms with E-state index in [1.54, 1.807) is 13.0 Å². The summed E-state index contributed by atoms with van der Waals surface area (Å²) in [6, 6.07) is 3.57. The highest BCUT2D eigenvalue weighted by atomic mass is 35.5. The highest BCUT2D eigenvalue weighted by Crippen LogP contribution is 2.25. The summed E-state index contributed by atoms with van der Waals surface area (Å²) in [6.45, 7) is 5.41. The van der Waals surface area contributed by atoms with E-state index in [2.05, 4.69) is 5.16 Å². The molecule has 8 heteroatoms. The molecule has 1 aromatic rings. The minimum absolute atomic E-state index is 0.00309. The molecule has 0 saturated carbocycles. The molecule has 0 amide bonds. The third-order valence-corrected chi connectivity index (χ3v) is 3.88. The van der Waals surface area contributed by atoms with Crippen LogP contribution in [0.5, 0.6) is 0 Å². The van der Waals surface area contributed by atoms with Crippen molar-refractivity contribution in [1.29, 1.82) is 0 Å². The Morgan fingerprint density at radius 3 is 2.60 bits per heavy atom. The van der Waals surface area contributed by atoms with Crippen LogP contribution in [0.1, 0.15) is 31.1 Å². The van der Waals surface area contributed by atoms with Crippen molar-refractivity contribution in [3.05, 3.63) is 62.2 Å². The number of nitrogens with zero attached hydrogens (tertiary/aromatic N) is 2. The highest BCUT2D eigenvalue weighted by Gasteiger charge is 2.20. The molecule has 0 spiro atoms. The SMILES string of the molecule is CC1=CC(=O)C(C(C)C)=C/C1=N\OC(=O)c1ccc(Cl)c([N+](=O)[O-])c1. The summed E-state index contributed by atoms with van der Waals surface area (Å²) in [5.41, 5.74) is 1.01. The van der Waals surface area contributed by atoms with Gasteiger partial charge >= 0.3 is 5.97 Å². The minimum atomic E-state index is -0.864. The number of benzene rings is 1. The molecule has 0 aliphatic heterocycles. The van der Waals surface area contributed by atoms with Gasteiger partial charge < -0.3 is 4.84 Å². The van der Waals surface area contributed by atoms with Crippen molar-refractivity contribution in [2.45, 2.75) is 20.8 Å². The average Bonchev–Trinajstić information content (AvgIpc) is 2.53. The quantitative estimate of drug-likeness (QED) is 0.350. The zero-order chi connectivity index (χ0) is 18.7. The van der Waals surface area contributed by atoms with Crippen LogP contribution in [0.25, 0.3) is 0 Å². The fourth-order valence-electron chi connectivity index (χ4n) is 2.16. The second kappa shape index (κ2) is 7.40. The van der Waals surface area contributed by atoms with Crippen LogP contribution < -0.4 is 0 Å². The van der Waals surface area contributed by atoms with E-state index < -0.39 is 16.6 Å². The maximum atomic E-state index is 12.1. The van der Waals surface area contributed by atoms with Crippen LogP contribution in [0.2, 0.25) is 5.02 Å². The normalized spacial score (nSPS) is 15.9. The molecule has 25 heavy (non-hydrogen) atoms. The molecule has 2 rings (SSSR count). The summed E-state index contributed by atoms with van der Waals surface area (Å²) < 4.78 is 0. The third-order valence-electron chi connectivity index (χ3n) is 3.56. The van der Waals surface area contributed by atoms with Gasteiger partial charge in [-0.25, -0.2) is 4.79 Å². The average molecular weight is 363 g/mol. The summed E-state index contributed by atoms with van der Waals surface area (Å²) in [7, 11) is 0. The van der Waals surface area contributed by atoms with Gasteiger partial charge in [-0.15, -0.1) is 0 Å². The Balaban J connectivity index is 2.25. The molecule has 1 aliphatic rings.